The molecule has 0 aliphatic carbocycles. The van der Waals surface area contributed by atoms with Gasteiger partial charge in [0, 0.05) is 6.04 Å². The van der Waals surface area contributed by atoms with E-state index < -0.39 is 0 Å². The van der Waals surface area contributed by atoms with E-state index in [1.165, 1.54) is 0 Å². The molecule has 0 radical (unpaired) electrons. The maximum atomic E-state index is 6.14. The largest absolute Gasteiger partial charge is 0.486 e. The Labute approximate surface area is 102 Å². The molecule has 1 aromatic rings. The third-order valence-electron chi connectivity index (χ3n) is 2.88. The predicted octanol–water partition coefficient (Wildman–Crippen LogP) is 2.81. The molecular weight excluding hydrogens is 214 g/mol. The van der Waals surface area contributed by atoms with Gasteiger partial charge in [-0.15, -0.1) is 6.58 Å². The van der Waals surface area contributed by atoms with Crippen molar-refractivity contribution < 1.29 is 9.47 Å². The second-order valence-corrected chi connectivity index (χ2v) is 4.51. The first-order chi connectivity index (χ1) is 8.16. The number of ether oxygens (including phenoxy) is 2. The Morgan fingerprint density at radius 1 is 1.35 bits per heavy atom. The van der Waals surface area contributed by atoms with Crippen LogP contribution in [0.25, 0.3) is 0 Å². The fraction of sp³-hybridized carbons (Fsp3) is 0.429. The minimum absolute atomic E-state index is 0.0301. The lowest BCUT2D eigenvalue weighted by Gasteiger charge is -2.20. The van der Waals surface area contributed by atoms with E-state index in [0.29, 0.717) is 13.2 Å². The molecular formula is C14H19NO2. The summed E-state index contributed by atoms with van der Waals surface area (Å²) in [7, 11) is 0. The summed E-state index contributed by atoms with van der Waals surface area (Å²) < 4.78 is 11.0. The second-order valence-electron chi connectivity index (χ2n) is 4.51. The van der Waals surface area contributed by atoms with E-state index in [0.717, 1.165) is 35.5 Å². The third-order valence-corrected chi connectivity index (χ3v) is 2.88. The fourth-order valence-corrected chi connectivity index (χ4v) is 1.86. The number of nitrogens with two attached hydrogens (primary N) is 1. The van der Waals surface area contributed by atoms with Gasteiger partial charge in [-0.3, -0.25) is 0 Å². The molecule has 1 atom stereocenters. The van der Waals surface area contributed by atoms with Gasteiger partial charge in [0.2, 0.25) is 0 Å². The number of allylic oxidation sites excluding steroid dienone is 1. The first kappa shape index (κ1) is 12.0. The number of hydrogen-bond donors (Lipinski definition) is 1. The number of rotatable bonds is 4. The van der Waals surface area contributed by atoms with Crippen LogP contribution in [0.5, 0.6) is 11.5 Å². The van der Waals surface area contributed by atoms with Gasteiger partial charge in [0.25, 0.3) is 0 Å². The Morgan fingerprint density at radius 3 is 2.76 bits per heavy atom. The van der Waals surface area contributed by atoms with Crippen molar-refractivity contribution in [1.29, 1.82) is 0 Å². The highest BCUT2D eigenvalue weighted by atomic mass is 16.6. The van der Waals surface area contributed by atoms with E-state index in [1.54, 1.807) is 0 Å². The van der Waals surface area contributed by atoms with Crippen LogP contribution in [-0.2, 0) is 0 Å². The molecule has 1 unspecified atom stereocenters. The third kappa shape index (κ3) is 3.01. The minimum Gasteiger partial charge on any atom is -0.486 e. The van der Waals surface area contributed by atoms with Gasteiger partial charge in [-0.1, -0.05) is 11.6 Å². The van der Waals surface area contributed by atoms with Crippen molar-refractivity contribution in [3.63, 3.8) is 0 Å². The van der Waals surface area contributed by atoms with E-state index in [2.05, 4.69) is 6.58 Å². The molecule has 92 valence electrons. The van der Waals surface area contributed by atoms with Crippen LogP contribution in [0.15, 0.2) is 30.4 Å². The first-order valence-electron chi connectivity index (χ1n) is 5.96. The molecule has 17 heavy (non-hydrogen) atoms. The molecule has 0 fully saturated rings. The lowest BCUT2D eigenvalue weighted by atomic mass is 10.0. The fourth-order valence-electron chi connectivity index (χ4n) is 1.86. The predicted molar refractivity (Wildman–Crippen MR) is 68.4 cm³/mol. The second kappa shape index (κ2) is 5.23. The van der Waals surface area contributed by atoms with Crippen LogP contribution in [0.1, 0.15) is 31.4 Å². The number of hydrogen-bond acceptors (Lipinski definition) is 3. The summed E-state index contributed by atoms with van der Waals surface area (Å²) in [4.78, 5) is 0. The van der Waals surface area contributed by atoms with Gasteiger partial charge in [0.1, 0.15) is 13.2 Å². The molecule has 1 aliphatic rings. The summed E-state index contributed by atoms with van der Waals surface area (Å²) >= 11 is 0. The standard InChI is InChI=1S/C14H19NO2/c1-10(2)3-5-12(15)11-4-6-13-14(9-11)17-8-7-16-13/h4,6,9,12H,1,3,5,7-8,15H2,2H3. The van der Waals surface area contributed by atoms with E-state index >= 15 is 0 Å². The molecule has 1 aromatic carbocycles. The Morgan fingerprint density at radius 2 is 2.06 bits per heavy atom. The maximum Gasteiger partial charge on any atom is 0.161 e. The van der Waals surface area contributed by atoms with E-state index in [4.69, 9.17) is 15.2 Å². The molecule has 0 saturated heterocycles. The van der Waals surface area contributed by atoms with Crippen LogP contribution < -0.4 is 15.2 Å². The van der Waals surface area contributed by atoms with Gasteiger partial charge in [-0.2, -0.15) is 0 Å². The molecule has 3 nitrogen and oxygen atoms in total. The van der Waals surface area contributed by atoms with E-state index in [1.807, 2.05) is 25.1 Å². The van der Waals surface area contributed by atoms with Gasteiger partial charge in [-0.25, -0.2) is 0 Å². The average molecular weight is 233 g/mol. The zero-order valence-electron chi connectivity index (χ0n) is 10.2. The monoisotopic (exact) mass is 233 g/mol. The van der Waals surface area contributed by atoms with Crippen LogP contribution in [0.4, 0.5) is 0 Å². The van der Waals surface area contributed by atoms with E-state index in [-0.39, 0.29) is 6.04 Å². The molecule has 0 saturated carbocycles. The van der Waals surface area contributed by atoms with Crippen LogP contribution in [0, 0.1) is 0 Å². The summed E-state index contributed by atoms with van der Waals surface area (Å²) in [5.41, 5.74) is 8.40. The molecule has 2 N–H and O–H groups in total. The zero-order chi connectivity index (χ0) is 12.3. The minimum atomic E-state index is 0.0301. The van der Waals surface area contributed by atoms with Gasteiger partial charge in [-0.05, 0) is 37.5 Å². The normalized spacial score (nSPS) is 15.4. The molecule has 1 aliphatic heterocycles. The van der Waals surface area contributed by atoms with Crippen molar-refractivity contribution in [2.24, 2.45) is 5.73 Å². The molecule has 0 aromatic heterocycles. The molecule has 2 rings (SSSR count). The van der Waals surface area contributed by atoms with Crippen molar-refractivity contribution in [2.75, 3.05) is 13.2 Å². The Kier molecular flexibility index (Phi) is 3.69. The lowest BCUT2D eigenvalue weighted by molar-refractivity contribution is 0.171. The van der Waals surface area contributed by atoms with Gasteiger partial charge in [0.15, 0.2) is 11.5 Å². The molecule has 0 bridgehead atoms. The first-order valence-corrected chi connectivity index (χ1v) is 5.96. The molecule has 1 heterocycles. The van der Waals surface area contributed by atoms with Gasteiger partial charge in [0.05, 0.1) is 0 Å². The summed E-state index contributed by atoms with van der Waals surface area (Å²) in [6.45, 7) is 7.14. The Hall–Kier alpha value is -1.48. The zero-order valence-corrected chi connectivity index (χ0v) is 10.2. The highest BCUT2D eigenvalue weighted by Gasteiger charge is 2.14. The van der Waals surface area contributed by atoms with Crippen molar-refractivity contribution in [1.82, 2.24) is 0 Å². The molecule has 0 spiro atoms. The topological polar surface area (TPSA) is 44.5 Å². The number of benzene rings is 1. The van der Waals surface area contributed by atoms with Gasteiger partial charge >= 0.3 is 0 Å². The van der Waals surface area contributed by atoms with Crippen molar-refractivity contribution >= 4 is 0 Å². The van der Waals surface area contributed by atoms with Crippen molar-refractivity contribution in [3.8, 4) is 11.5 Å². The van der Waals surface area contributed by atoms with Gasteiger partial charge < -0.3 is 15.2 Å². The summed E-state index contributed by atoms with van der Waals surface area (Å²) in [5, 5.41) is 0. The average Bonchev–Trinajstić information content (AvgIpc) is 2.35. The quantitative estimate of drug-likeness (QED) is 0.813. The van der Waals surface area contributed by atoms with Crippen LogP contribution in [-0.4, -0.2) is 13.2 Å². The Balaban J connectivity index is 2.08. The van der Waals surface area contributed by atoms with Crippen LogP contribution in [0.3, 0.4) is 0 Å². The summed E-state index contributed by atoms with van der Waals surface area (Å²) in [6, 6.07) is 5.96. The SMILES string of the molecule is C=C(C)CCC(N)c1ccc2c(c1)OCCO2. The summed E-state index contributed by atoms with van der Waals surface area (Å²) in [6.07, 6.45) is 1.87. The molecule has 0 amide bonds. The Bertz CT molecular complexity index is 415. The van der Waals surface area contributed by atoms with E-state index in [9.17, 15) is 0 Å². The van der Waals surface area contributed by atoms with Crippen molar-refractivity contribution in [3.05, 3.63) is 35.9 Å². The lowest BCUT2D eigenvalue weighted by Crippen LogP contribution is -2.16. The maximum absolute atomic E-state index is 6.14. The summed E-state index contributed by atoms with van der Waals surface area (Å²) in [5.74, 6) is 1.62. The highest BCUT2D eigenvalue weighted by Crippen LogP contribution is 2.33. The van der Waals surface area contributed by atoms with Crippen LogP contribution in [0.2, 0.25) is 0 Å². The molecule has 3 heteroatoms. The smallest absolute Gasteiger partial charge is 0.161 e. The highest BCUT2D eigenvalue weighted by molar-refractivity contribution is 5.44. The van der Waals surface area contributed by atoms with Crippen LogP contribution >= 0.6 is 0 Å². The van der Waals surface area contributed by atoms with Crippen molar-refractivity contribution in [2.45, 2.75) is 25.8 Å². The number of fused-ring (bicyclic) bond motifs is 1.